The maximum Gasteiger partial charge on any atom is 0.240 e. The first-order valence-electron chi connectivity index (χ1n) is 7.80. The number of rotatable bonds is 5. The first kappa shape index (κ1) is 17.3. The second-order valence-corrected chi connectivity index (χ2v) is 6.54. The van der Waals surface area contributed by atoms with E-state index in [1.165, 1.54) is 6.92 Å². The van der Waals surface area contributed by atoms with Crippen LogP contribution in [0.3, 0.4) is 0 Å². The molecule has 2 aromatic rings. The van der Waals surface area contributed by atoms with E-state index in [1.807, 2.05) is 29.6 Å². The van der Waals surface area contributed by atoms with Gasteiger partial charge in [-0.15, -0.1) is 11.3 Å². The summed E-state index contributed by atoms with van der Waals surface area (Å²) in [6.45, 7) is 1.53. The summed E-state index contributed by atoms with van der Waals surface area (Å²) < 4.78 is 16.2. The lowest BCUT2D eigenvalue weighted by atomic mass is 10.0. The molecule has 0 bridgehead atoms. The summed E-state index contributed by atoms with van der Waals surface area (Å²) in [6.07, 6.45) is 0.638. The Morgan fingerprint density at radius 2 is 1.88 bits per heavy atom. The molecule has 25 heavy (non-hydrogen) atoms. The third-order valence-corrected chi connectivity index (χ3v) is 5.08. The SMILES string of the molecule is COc1cc(C2=NN(C(C)=O)[C@@H](c3cccs3)C2)cc(OC)c1OC. The highest BCUT2D eigenvalue weighted by Crippen LogP contribution is 2.41. The van der Waals surface area contributed by atoms with E-state index in [-0.39, 0.29) is 11.9 Å². The summed E-state index contributed by atoms with van der Waals surface area (Å²) >= 11 is 1.62. The number of thiophene rings is 1. The molecule has 0 unspecified atom stereocenters. The van der Waals surface area contributed by atoms with Gasteiger partial charge in [0.15, 0.2) is 11.5 Å². The number of methoxy groups -OCH3 is 3. The summed E-state index contributed by atoms with van der Waals surface area (Å²) in [6, 6.07) is 7.64. The van der Waals surface area contributed by atoms with Crippen LogP contribution in [0.5, 0.6) is 17.2 Å². The molecule has 0 saturated heterocycles. The lowest BCUT2D eigenvalue weighted by Gasteiger charge is -2.18. The summed E-state index contributed by atoms with van der Waals surface area (Å²) in [5.74, 6) is 1.58. The fourth-order valence-electron chi connectivity index (χ4n) is 2.93. The van der Waals surface area contributed by atoms with Crippen molar-refractivity contribution in [2.45, 2.75) is 19.4 Å². The van der Waals surface area contributed by atoms with Crippen molar-refractivity contribution < 1.29 is 19.0 Å². The molecule has 1 atom stereocenters. The third kappa shape index (κ3) is 3.19. The van der Waals surface area contributed by atoms with E-state index < -0.39 is 0 Å². The summed E-state index contributed by atoms with van der Waals surface area (Å²) in [4.78, 5) is 13.1. The Morgan fingerprint density at radius 3 is 2.36 bits per heavy atom. The van der Waals surface area contributed by atoms with E-state index in [4.69, 9.17) is 14.2 Å². The van der Waals surface area contributed by atoms with Crippen molar-refractivity contribution in [1.82, 2.24) is 5.01 Å². The van der Waals surface area contributed by atoms with Crippen molar-refractivity contribution in [3.8, 4) is 17.2 Å². The molecule has 0 radical (unpaired) electrons. The molecule has 0 aliphatic carbocycles. The van der Waals surface area contributed by atoms with E-state index >= 15 is 0 Å². The number of hydrogen-bond donors (Lipinski definition) is 0. The molecule has 2 heterocycles. The van der Waals surface area contributed by atoms with E-state index in [0.29, 0.717) is 23.7 Å². The number of hydrazone groups is 1. The zero-order chi connectivity index (χ0) is 18.0. The highest BCUT2D eigenvalue weighted by Gasteiger charge is 2.32. The van der Waals surface area contributed by atoms with Crippen molar-refractivity contribution >= 4 is 23.0 Å². The number of hydrogen-bond acceptors (Lipinski definition) is 6. The molecule has 7 heteroatoms. The van der Waals surface area contributed by atoms with Gasteiger partial charge in [0.25, 0.3) is 0 Å². The minimum Gasteiger partial charge on any atom is -0.493 e. The van der Waals surface area contributed by atoms with Crippen LogP contribution >= 0.6 is 11.3 Å². The maximum atomic E-state index is 12.0. The molecule has 3 rings (SSSR count). The largest absolute Gasteiger partial charge is 0.493 e. The van der Waals surface area contributed by atoms with Gasteiger partial charge in [-0.2, -0.15) is 5.10 Å². The average molecular weight is 360 g/mol. The van der Waals surface area contributed by atoms with Gasteiger partial charge in [0.05, 0.1) is 33.1 Å². The lowest BCUT2D eigenvalue weighted by molar-refractivity contribution is -0.130. The number of amides is 1. The molecular formula is C18H20N2O4S. The van der Waals surface area contributed by atoms with E-state index in [0.717, 1.165) is 16.2 Å². The highest BCUT2D eigenvalue weighted by molar-refractivity contribution is 7.10. The van der Waals surface area contributed by atoms with Crippen LogP contribution in [0, 0.1) is 0 Å². The fourth-order valence-corrected chi connectivity index (χ4v) is 3.74. The van der Waals surface area contributed by atoms with Gasteiger partial charge in [0.2, 0.25) is 11.7 Å². The molecule has 0 N–H and O–H groups in total. The van der Waals surface area contributed by atoms with Gasteiger partial charge in [0, 0.05) is 23.8 Å². The number of nitrogens with zero attached hydrogens (tertiary/aromatic N) is 2. The van der Waals surface area contributed by atoms with E-state index in [1.54, 1.807) is 37.7 Å². The zero-order valence-corrected chi connectivity index (χ0v) is 15.4. The monoisotopic (exact) mass is 360 g/mol. The van der Waals surface area contributed by atoms with Crippen LogP contribution < -0.4 is 14.2 Å². The smallest absolute Gasteiger partial charge is 0.240 e. The Bertz CT molecular complexity index is 776. The molecule has 1 aliphatic heterocycles. The van der Waals surface area contributed by atoms with Gasteiger partial charge in [-0.1, -0.05) is 6.07 Å². The topological polar surface area (TPSA) is 60.4 Å². The fraction of sp³-hybridized carbons (Fsp3) is 0.333. The van der Waals surface area contributed by atoms with Gasteiger partial charge in [-0.05, 0) is 23.6 Å². The normalized spacial score (nSPS) is 16.6. The van der Waals surface area contributed by atoms with Crippen LogP contribution in [-0.2, 0) is 4.79 Å². The first-order valence-corrected chi connectivity index (χ1v) is 8.68. The second kappa shape index (κ2) is 7.14. The molecule has 0 spiro atoms. The van der Waals surface area contributed by atoms with Gasteiger partial charge in [0.1, 0.15) is 0 Å². The molecule has 1 aromatic carbocycles. The second-order valence-electron chi connectivity index (χ2n) is 5.56. The van der Waals surface area contributed by atoms with Crippen molar-refractivity contribution in [1.29, 1.82) is 0 Å². The summed E-state index contributed by atoms with van der Waals surface area (Å²) in [5, 5.41) is 8.11. The lowest BCUT2D eigenvalue weighted by Crippen LogP contribution is -2.23. The van der Waals surface area contributed by atoms with Gasteiger partial charge < -0.3 is 14.2 Å². The van der Waals surface area contributed by atoms with Crippen LogP contribution in [0.25, 0.3) is 0 Å². The van der Waals surface area contributed by atoms with Gasteiger partial charge in [-0.3, -0.25) is 4.79 Å². The Hall–Kier alpha value is -2.54. The number of ether oxygens (including phenoxy) is 3. The van der Waals surface area contributed by atoms with E-state index in [2.05, 4.69) is 5.10 Å². The standard InChI is InChI=1S/C18H20N2O4S/c1-11(21)20-14(17-6-5-7-25-17)10-13(19-20)12-8-15(22-2)18(24-4)16(9-12)23-3/h5-9,14H,10H2,1-4H3/t14-/m1/s1. The number of carbonyl (C=O) groups excluding carboxylic acids is 1. The molecule has 1 aromatic heterocycles. The molecule has 1 amide bonds. The minimum absolute atomic E-state index is 0.0772. The third-order valence-electron chi connectivity index (χ3n) is 4.10. The van der Waals surface area contributed by atoms with Crippen LogP contribution in [0.15, 0.2) is 34.7 Å². The van der Waals surface area contributed by atoms with Crippen LogP contribution in [0.2, 0.25) is 0 Å². The Kier molecular flexibility index (Phi) is 4.94. The predicted molar refractivity (Wildman–Crippen MR) is 96.8 cm³/mol. The zero-order valence-electron chi connectivity index (χ0n) is 14.6. The molecule has 0 saturated carbocycles. The average Bonchev–Trinajstić information content (AvgIpc) is 3.29. The summed E-state index contributed by atoms with van der Waals surface area (Å²) in [7, 11) is 4.72. The Labute approximate surface area is 150 Å². The predicted octanol–water partition coefficient (Wildman–Crippen LogP) is 3.47. The van der Waals surface area contributed by atoms with Crippen LogP contribution in [0.1, 0.15) is 29.8 Å². The Morgan fingerprint density at radius 1 is 1.20 bits per heavy atom. The minimum atomic E-state index is -0.0826. The molecule has 1 aliphatic rings. The Balaban J connectivity index is 2.01. The van der Waals surface area contributed by atoms with Gasteiger partial charge >= 0.3 is 0 Å². The number of benzene rings is 1. The molecular weight excluding hydrogens is 340 g/mol. The van der Waals surface area contributed by atoms with Crippen LogP contribution in [0.4, 0.5) is 0 Å². The molecule has 6 nitrogen and oxygen atoms in total. The molecule has 0 fully saturated rings. The highest BCUT2D eigenvalue weighted by atomic mass is 32.1. The van der Waals surface area contributed by atoms with Crippen LogP contribution in [-0.4, -0.2) is 38.0 Å². The van der Waals surface area contributed by atoms with Crippen molar-refractivity contribution in [2.24, 2.45) is 5.10 Å². The van der Waals surface area contributed by atoms with Crippen molar-refractivity contribution in [2.75, 3.05) is 21.3 Å². The van der Waals surface area contributed by atoms with Crippen molar-refractivity contribution in [3.05, 3.63) is 40.1 Å². The molecule has 132 valence electrons. The first-order chi connectivity index (χ1) is 12.1. The van der Waals surface area contributed by atoms with Crippen molar-refractivity contribution in [3.63, 3.8) is 0 Å². The summed E-state index contributed by atoms with van der Waals surface area (Å²) in [5.41, 5.74) is 1.66. The quantitative estimate of drug-likeness (QED) is 0.819. The maximum absolute atomic E-state index is 12.0. The number of carbonyl (C=O) groups is 1. The van der Waals surface area contributed by atoms with Gasteiger partial charge in [-0.25, -0.2) is 5.01 Å². The van der Waals surface area contributed by atoms with E-state index in [9.17, 15) is 4.79 Å².